The molecule has 1 unspecified atom stereocenters. The first-order valence-electron chi connectivity index (χ1n) is 5.72. The molecule has 5 heteroatoms. The molecule has 0 spiro atoms. The Balaban J connectivity index is 2.37. The van der Waals surface area contributed by atoms with E-state index >= 15 is 0 Å². The molecule has 1 atom stereocenters. The highest BCUT2D eigenvalue weighted by Crippen LogP contribution is 2.24. The van der Waals surface area contributed by atoms with Gasteiger partial charge in [-0.2, -0.15) is 0 Å². The molecule has 3 nitrogen and oxygen atoms in total. The van der Waals surface area contributed by atoms with Gasteiger partial charge in [0, 0.05) is 6.54 Å². The third-order valence-electron chi connectivity index (χ3n) is 3.13. The Labute approximate surface area is 101 Å². The number of halogens is 1. The number of hydrogen-bond acceptors (Lipinski definition) is 3. The molecular weight excluding hydrogens is 241 g/mol. The van der Waals surface area contributed by atoms with Crippen LogP contribution in [0.4, 0.5) is 4.39 Å². The summed E-state index contributed by atoms with van der Waals surface area (Å²) in [7, 11) is -3.34. The van der Waals surface area contributed by atoms with E-state index in [1.54, 1.807) is 6.92 Å². The van der Waals surface area contributed by atoms with Gasteiger partial charge >= 0.3 is 0 Å². The Morgan fingerprint density at radius 2 is 2.18 bits per heavy atom. The van der Waals surface area contributed by atoms with Gasteiger partial charge < -0.3 is 5.32 Å². The number of piperidine rings is 1. The fraction of sp³-hybridized carbons (Fsp3) is 0.500. The van der Waals surface area contributed by atoms with E-state index in [0.717, 1.165) is 13.0 Å². The fourth-order valence-corrected chi connectivity index (χ4v) is 4.14. The second-order valence-corrected chi connectivity index (χ2v) is 6.62. The first kappa shape index (κ1) is 12.5. The molecule has 17 heavy (non-hydrogen) atoms. The lowest BCUT2D eigenvalue weighted by Crippen LogP contribution is -2.39. The lowest BCUT2D eigenvalue weighted by Gasteiger charge is -2.23. The van der Waals surface area contributed by atoms with Crippen LogP contribution in [0.2, 0.25) is 0 Å². The maximum Gasteiger partial charge on any atom is 0.182 e. The summed E-state index contributed by atoms with van der Waals surface area (Å²) < 4.78 is 37.7. The van der Waals surface area contributed by atoms with Crippen molar-refractivity contribution in [2.75, 3.05) is 13.1 Å². The van der Waals surface area contributed by atoms with Crippen LogP contribution in [-0.2, 0) is 9.84 Å². The standard InChI is InChI=1S/C12H16FNO2S/c1-9-7-10(13)4-5-12(9)17(15,16)11-3-2-6-14-8-11/h4-5,7,11,14H,2-3,6,8H2,1H3. The molecule has 94 valence electrons. The van der Waals surface area contributed by atoms with Crippen molar-refractivity contribution in [1.29, 1.82) is 0 Å². The zero-order valence-electron chi connectivity index (χ0n) is 9.74. The zero-order valence-corrected chi connectivity index (χ0v) is 10.6. The molecule has 1 aliphatic heterocycles. The van der Waals surface area contributed by atoms with Gasteiger partial charge in [-0.1, -0.05) is 0 Å². The summed E-state index contributed by atoms with van der Waals surface area (Å²) in [6.07, 6.45) is 1.54. The molecule has 0 saturated carbocycles. The van der Waals surface area contributed by atoms with Gasteiger partial charge in [0.25, 0.3) is 0 Å². The Morgan fingerprint density at radius 1 is 1.41 bits per heavy atom. The minimum absolute atomic E-state index is 0.257. The number of nitrogens with one attached hydrogen (secondary N) is 1. The van der Waals surface area contributed by atoms with E-state index in [0.29, 0.717) is 18.5 Å². The van der Waals surface area contributed by atoms with Gasteiger partial charge in [-0.25, -0.2) is 12.8 Å². The number of benzene rings is 1. The number of rotatable bonds is 2. The zero-order chi connectivity index (χ0) is 12.5. The predicted octanol–water partition coefficient (Wildman–Crippen LogP) is 1.66. The first-order valence-corrected chi connectivity index (χ1v) is 7.27. The van der Waals surface area contributed by atoms with Crippen LogP contribution in [0.15, 0.2) is 23.1 Å². The Bertz CT molecular complexity index is 507. The van der Waals surface area contributed by atoms with Crippen molar-refractivity contribution < 1.29 is 12.8 Å². The monoisotopic (exact) mass is 257 g/mol. The normalized spacial score (nSPS) is 21.4. The third-order valence-corrected chi connectivity index (χ3v) is 5.49. The van der Waals surface area contributed by atoms with Crippen LogP contribution in [-0.4, -0.2) is 26.8 Å². The van der Waals surface area contributed by atoms with Gasteiger partial charge in [0.15, 0.2) is 9.84 Å². The molecule has 0 amide bonds. The summed E-state index contributed by atoms with van der Waals surface area (Å²) in [4.78, 5) is 0.257. The van der Waals surface area contributed by atoms with Crippen LogP contribution in [0.1, 0.15) is 18.4 Å². The quantitative estimate of drug-likeness (QED) is 0.820. The van der Waals surface area contributed by atoms with Crippen molar-refractivity contribution >= 4 is 9.84 Å². The van der Waals surface area contributed by atoms with Crippen LogP contribution in [0.25, 0.3) is 0 Å². The van der Waals surface area contributed by atoms with Crippen molar-refractivity contribution in [3.63, 3.8) is 0 Å². The molecule has 0 aliphatic carbocycles. The lowest BCUT2D eigenvalue weighted by atomic mass is 10.2. The van der Waals surface area contributed by atoms with Crippen molar-refractivity contribution in [3.8, 4) is 0 Å². The molecule has 1 N–H and O–H groups in total. The average Bonchev–Trinajstić information content (AvgIpc) is 2.29. The van der Waals surface area contributed by atoms with Crippen LogP contribution in [0, 0.1) is 12.7 Å². The third kappa shape index (κ3) is 2.50. The Kier molecular flexibility index (Phi) is 3.49. The van der Waals surface area contributed by atoms with E-state index < -0.39 is 15.7 Å². The lowest BCUT2D eigenvalue weighted by molar-refractivity contribution is 0.496. The van der Waals surface area contributed by atoms with E-state index in [-0.39, 0.29) is 10.1 Å². The van der Waals surface area contributed by atoms with Crippen LogP contribution >= 0.6 is 0 Å². The van der Waals surface area contributed by atoms with Crippen molar-refractivity contribution in [2.24, 2.45) is 0 Å². The van der Waals surface area contributed by atoms with Crippen molar-refractivity contribution in [3.05, 3.63) is 29.6 Å². The highest BCUT2D eigenvalue weighted by molar-refractivity contribution is 7.92. The molecule has 1 aromatic carbocycles. The van der Waals surface area contributed by atoms with Gasteiger partial charge in [-0.3, -0.25) is 0 Å². The molecule has 2 rings (SSSR count). The van der Waals surface area contributed by atoms with Crippen LogP contribution < -0.4 is 5.32 Å². The van der Waals surface area contributed by atoms with Gasteiger partial charge in [0.2, 0.25) is 0 Å². The summed E-state index contributed by atoms with van der Waals surface area (Å²) in [5.41, 5.74) is 0.482. The maximum absolute atomic E-state index is 13.0. The molecule has 1 aliphatic rings. The molecule has 1 aromatic rings. The second-order valence-electron chi connectivity index (χ2n) is 4.42. The number of aryl methyl sites for hydroxylation is 1. The second kappa shape index (κ2) is 4.74. The Morgan fingerprint density at radius 3 is 2.76 bits per heavy atom. The molecule has 1 heterocycles. The SMILES string of the molecule is Cc1cc(F)ccc1S(=O)(=O)C1CCCNC1. The highest BCUT2D eigenvalue weighted by Gasteiger charge is 2.29. The molecule has 1 fully saturated rings. The highest BCUT2D eigenvalue weighted by atomic mass is 32.2. The minimum atomic E-state index is -3.34. The summed E-state index contributed by atoms with van der Waals surface area (Å²) in [6.45, 7) is 2.99. The van der Waals surface area contributed by atoms with Crippen LogP contribution in [0.5, 0.6) is 0 Å². The molecular formula is C12H16FNO2S. The topological polar surface area (TPSA) is 46.2 Å². The van der Waals surface area contributed by atoms with E-state index in [2.05, 4.69) is 5.32 Å². The molecule has 0 bridgehead atoms. The molecule has 0 aromatic heterocycles. The average molecular weight is 257 g/mol. The van der Waals surface area contributed by atoms with Crippen molar-refractivity contribution in [1.82, 2.24) is 5.32 Å². The van der Waals surface area contributed by atoms with Crippen LogP contribution in [0.3, 0.4) is 0 Å². The summed E-state index contributed by atoms with van der Waals surface area (Å²) in [5, 5.41) is 2.70. The maximum atomic E-state index is 13.0. The number of hydrogen-bond donors (Lipinski definition) is 1. The van der Waals surface area contributed by atoms with Gasteiger partial charge in [0.1, 0.15) is 5.82 Å². The fourth-order valence-electron chi connectivity index (χ4n) is 2.20. The summed E-state index contributed by atoms with van der Waals surface area (Å²) >= 11 is 0. The predicted molar refractivity (Wildman–Crippen MR) is 64.2 cm³/mol. The van der Waals surface area contributed by atoms with E-state index in [9.17, 15) is 12.8 Å². The summed E-state index contributed by atoms with van der Waals surface area (Å²) in [6, 6.07) is 3.84. The Hall–Kier alpha value is -0.940. The van der Waals surface area contributed by atoms with E-state index in [1.807, 2.05) is 0 Å². The smallest absolute Gasteiger partial charge is 0.182 e. The van der Waals surface area contributed by atoms with Gasteiger partial charge in [-0.15, -0.1) is 0 Å². The minimum Gasteiger partial charge on any atom is -0.315 e. The van der Waals surface area contributed by atoms with E-state index in [4.69, 9.17) is 0 Å². The van der Waals surface area contributed by atoms with Gasteiger partial charge in [-0.05, 0) is 50.1 Å². The summed E-state index contributed by atoms with van der Waals surface area (Å²) in [5.74, 6) is -0.400. The van der Waals surface area contributed by atoms with Gasteiger partial charge in [0.05, 0.1) is 10.1 Å². The first-order chi connectivity index (χ1) is 8.01. The number of sulfone groups is 1. The van der Waals surface area contributed by atoms with E-state index in [1.165, 1.54) is 18.2 Å². The van der Waals surface area contributed by atoms with Crippen molar-refractivity contribution in [2.45, 2.75) is 29.9 Å². The molecule has 1 saturated heterocycles. The largest absolute Gasteiger partial charge is 0.315 e. The molecule has 0 radical (unpaired) electrons.